The lowest BCUT2D eigenvalue weighted by molar-refractivity contribution is 0.0916. The van der Waals surface area contributed by atoms with E-state index in [0.717, 1.165) is 16.5 Å². The maximum Gasteiger partial charge on any atom is 0.251 e. The predicted octanol–water partition coefficient (Wildman–Crippen LogP) is 3.95. The number of aliphatic hydroxyl groups excluding tert-OH is 1. The fourth-order valence-electron chi connectivity index (χ4n) is 2.60. The van der Waals surface area contributed by atoms with Gasteiger partial charge in [-0.3, -0.25) is 4.79 Å². The maximum absolute atomic E-state index is 12.2. The molecule has 0 aliphatic heterocycles. The molecule has 24 heavy (non-hydrogen) atoms. The van der Waals surface area contributed by atoms with E-state index in [2.05, 4.69) is 5.32 Å². The molecule has 0 saturated carbocycles. The van der Waals surface area contributed by atoms with E-state index >= 15 is 0 Å². The highest BCUT2D eigenvalue weighted by atomic mass is 35.5. The summed E-state index contributed by atoms with van der Waals surface area (Å²) < 4.78 is 2.01. The van der Waals surface area contributed by atoms with Crippen LogP contribution < -0.4 is 5.32 Å². The first-order valence-electron chi connectivity index (χ1n) is 7.41. The van der Waals surface area contributed by atoms with Crippen LogP contribution in [0.1, 0.15) is 22.0 Å². The average Bonchev–Trinajstić information content (AvgIpc) is 2.92. The number of amides is 1. The van der Waals surface area contributed by atoms with Gasteiger partial charge in [-0.05, 0) is 47.3 Å². The second-order valence-corrected chi connectivity index (χ2v) is 6.50. The molecule has 124 valence electrons. The number of aryl methyl sites for hydroxylation is 1. The van der Waals surface area contributed by atoms with Gasteiger partial charge in [0.15, 0.2) is 0 Å². The van der Waals surface area contributed by atoms with Gasteiger partial charge < -0.3 is 15.0 Å². The zero-order chi connectivity index (χ0) is 17.3. The van der Waals surface area contributed by atoms with E-state index in [1.54, 1.807) is 6.07 Å². The molecule has 0 saturated heterocycles. The quantitative estimate of drug-likeness (QED) is 0.738. The SMILES string of the molecule is Cn1ccc2cc(C(O)CNC(=O)c3cc(Cl)cc(Cl)c3)ccc21. The Kier molecular flexibility index (Phi) is 4.81. The molecule has 6 heteroatoms. The number of hydrogen-bond acceptors (Lipinski definition) is 2. The van der Waals surface area contributed by atoms with Crippen LogP contribution in [0.5, 0.6) is 0 Å². The van der Waals surface area contributed by atoms with Gasteiger partial charge in [0.2, 0.25) is 0 Å². The molecule has 1 unspecified atom stereocenters. The smallest absolute Gasteiger partial charge is 0.251 e. The van der Waals surface area contributed by atoms with Gasteiger partial charge in [0.1, 0.15) is 0 Å². The van der Waals surface area contributed by atoms with Crippen molar-refractivity contribution in [2.24, 2.45) is 7.05 Å². The number of fused-ring (bicyclic) bond motifs is 1. The van der Waals surface area contributed by atoms with Crippen LogP contribution in [-0.4, -0.2) is 22.1 Å². The summed E-state index contributed by atoms with van der Waals surface area (Å²) in [7, 11) is 1.97. The number of hydrogen-bond donors (Lipinski definition) is 2. The van der Waals surface area contributed by atoms with Crippen molar-refractivity contribution < 1.29 is 9.90 Å². The molecule has 1 heterocycles. The summed E-state index contributed by atoms with van der Waals surface area (Å²) in [6.07, 6.45) is 1.17. The number of nitrogens with one attached hydrogen (secondary N) is 1. The number of aromatic nitrogens is 1. The van der Waals surface area contributed by atoms with Crippen molar-refractivity contribution in [1.29, 1.82) is 0 Å². The van der Waals surface area contributed by atoms with E-state index in [9.17, 15) is 9.90 Å². The van der Waals surface area contributed by atoms with E-state index in [-0.39, 0.29) is 12.5 Å². The summed E-state index contributed by atoms with van der Waals surface area (Å²) in [5.41, 5.74) is 2.19. The molecular formula is C18H16Cl2N2O2. The van der Waals surface area contributed by atoms with E-state index in [0.29, 0.717) is 15.6 Å². The monoisotopic (exact) mass is 362 g/mol. The van der Waals surface area contributed by atoms with Crippen molar-refractivity contribution in [2.45, 2.75) is 6.10 Å². The normalized spacial score (nSPS) is 12.3. The average molecular weight is 363 g/mol. The predicted molar refractivity (Wildman–Crippen MR) is 96.7 cm³/mol. The third-order valence-corrected chi connectivity index (χ3v) is 4.31. The zero-order valence-electron chi connectivity index (χ0n) is 13.0. The molecule has 4 nitrogen and oxygen atoms in total. The van der Waals surface area contributed by atoms with Gasteiger partial charge in [-0.15, -0.1) is 0 Å². The molecule has 0 fully saturated rings. The Hall–Kier alpha value is -2.01. The summed E-state index contributed by atoms with van der Waals surface area (Å²) in [6.45, 7) is 0.0985. The van der Waals surface area contributed by atoms with Crippen molar-refractivity contribution in [3.05, 3.63) is 69.8 Å². The van der Waals surface area contributed by atoms with Crippen LogP contribution in [0.2, 0.25) is 10.0 Å². The highest BCUT2D eigenvalue weighted by Crippen LogP contribution is 2.22. The molecule has 0 radical (unpaired) electrons. The second-order valence-electron chi connectivity index (χ2n) is 5.63. The standard InChI is InChI=1S/C18H16Cl2N2O2/c1-22-5-4-11-6-12(2-3-16(11)22)17(23)10-21-18(24)13-7-14(19)9-15(20)8-13/h2-9,17,23H,10H2,1H3,(H,21,24). The largest absolute Gasteiger partial charge is 0.387 e. The van der Waals surface area contributed by atoms with E-state index in [1.165, 1.54) is 12.1 Å². The van der Waals surface area contributed by atoms with Gasteiger partial charge in [0.25, 0.3) is 5.91 Å². The minimum Gasteiger partial charge on any atom is -0.387 e. The molecule has 3 aromatic rings. The Morgan fingerprint density at radius 1 is 1.17 bits per heavy atom. The van der Waals surface area contributed by atoms with Crippen molar-refractivity contribution >= 4 is 40.0 Å². The van der Waals surface area contributed by atoms with Crippen LogP contribution in [0.4, 0.5) is 0 Å². The van der Waals surface area contributed by atoms with Gasteiger partial charge in [-0.2, -0.15) is 0 Å². The van der Waals surface area contributed by atoms with Crippen LogP contribution in [0.15, 0.2) is 48.7 Å². The highest BCUT2D eigenvalue weighted by molar-refractivity contribution is 6.35. The van der Waals surface area contributed by atoms with Crippen molar-refractivity contribution in [1.82, 2.24) is 9.88 Å². The van der Waals surface area contributed by atoms with E-state index in [4.69, 9.17) is 23.2 Å². The first kappa shape index (κ1) is 16.8. The third-order valence-electron chi connectivity index (χ3n) is 3.87. The number of nitrogens with zero attached hydrogens (tertiary/aromatic N) is 1. The van der Waals surface area contributed by atoms with Crippen LogP contribution in [-0.2, 0) is 7.05 Å². The van der Waals surface area contributed by atoms with Crippen molar-refractivity contribution in [2.75, 3.05) is 6.54 Å². The zero-order valence-corrected chi connectivity index (χ0v) is 14.5. The molecular weight excluding hydrogens is 347 g/mol. The number of carbonyl (C=O) groups excluding carboxylic acids is 1. The van der Waals surface area contributed by atoms with Crippen LogP contribution in [0.25, 0.3) is 10.9 Å². The number of carbonyl (C=O) groups is 1. The molecule has 0 spiro atoms. The van der Waals surface area contributed by atoms with E-state index < -0.39 is 6.10 Å². The Morgan fingerprint density at radius 3 is 2.58 bits per heavy atom. The molecule has 2 aromatic carbocycles. The molecule has 0 aliphatic carbocycles. The number of aliphatic hydroxyl groups is 1. The topological polar surface area (TPSA) is 54.3 Å². The van der Waals surface area contributed by atoms with Gasteiger partial charge in [0, 0.05) is 40.9 Å². The van der Waals surface area contributed by atoms with Gasteiger partial charge >= 0.3 is 0 Å². The van der Waals surface area contributed by atoms with Gasteiger partial charge in [-0.1, -0.05) is 29.3 Å². The van der Waals surface area contributed by atoms with Gasteiger partial charge in [0.05, 0.1) is 6.10 Å². The van der Waals surface area contributed by atoms with Crippen LogP contribution in [0, 0.1) is 0 Å². The Morgan fingerprint density at radius 2 is 1.88 bits per heavy atom. The molecule has 0 bridgehead atoms. The second kappa shape index (κ2) is 6.85. The number of rotatable bonds is 4. The summed E-state index contributed by atoms with van der Waals surface area (Å²) >= 11 is 11.8. The van der Waals surface area contributed by atoms with Crippen molar-refractivity contribution in [3.8, 4) is 0 Å². The minimum atomic E-state index is -0.798. The summed E-state index contributed by atoms with van der Waals surface area (Å²) in [4.78, 5) is 12.2. The third kappa shape index (κ3) is 3.56. The lowest BCUT2D eigenvalue weighted by Gasteiger charge is -2.13. The summed E-state index contributed by atoms with van der Waals surface area (Å²) in [5.74, 6) is -0.334. The summed E-state index contributed by atoms with van der Waals surface area (Å²) in [6, 6.07) is 12.3. The minimum absolute atomic E-state index is 0.0985. The molecule has 1 atom stereocenters. The number of halogens is 2. The molecule has 0 aliphatic rings. The van der Waals surface area contributed by atoms with E-state index in [1.807, 2.05) is 42.1 Å². The van der Waals surface area contributed by atoms with Gasteiger partial charge in [-0.25, -0.2) is 0 Å². The molecule has 3 rings (SSSR count). The Labute approximate surface area is 149 Å². The lowest BCUT2D eigenvalue weighted by Crippen LogP contribution is -2.28. The van der Waals surface area contributed by atoms with Crippen LogP contribution in [0.3, 0.4) is 0 Å². The number of benzene rings is 2. The fraction of sp³-hybridized carbons (Fsp3) is 0.167. The Balaban J connectivity index is 1.69. The fourth-order valence-corrected chi connectivity index (χ4v) is 3.13. The first-order valence-corrected chi connectivity index (χ1v) is 8.17. The summed E-state index contributed by atoms with van der Waals surface area (Å²) in [5, 5.41) is 14.8. The molecule has 1 amide bonds. The first-order chi connectivity index (χ1) is 11.4. The highest BCUT2D eigenvalue weighted by Gasteiger charge is 2.13. The van der Waals surface area contributed by atoms with Crippen LogP contribution >= 0.6 is 23.2 Å². The maximum atomic E-state index is 12.2. The lowest BCUT2D eigenvalue weighted by atomic mass is 10.1. The Bertz CT molecular complexity index is 885. The van der Waals surface area contributed by atoms with Crippen molar-refractivity contribution in [3.63, 3.8) is 0 Å². The molecule has 2 N–H and O–H groups in total. The molecule has 1 aromatic heterocycles.